The fourth-order valence-corrected chi connectivity index (χ4v) is 3.22. The maximum absolute atomic E-state index is 12.4. The van der Waals surface area contributed by atoms with E-state index in [0.29, 0.717) is 5.69 Å². The van der Waals surface area contributed by atoms with Gasteiger partial charge in [-0.3, -0.25) is 19.4 Å². The molecule has 0 saturated heterocycles. The minimum Gasteiger partial charge on any atom is -0.481 e. The number of aliphatic carboxylic acids is 2. The van der Waals surface area contributed by atoms with E-state index in [0.717, 1.165) is 4.90 Å². The van der Waals surface area contributed by atoms with Crippen LogP contribution >= 0.6 is 0 Å². The number of H-pyrrole nitrogens is 1. The van der Waals surface area contributed by atoms with Crippen molar-refractivity contribution in [1.29, 1.82) is 0 Å². The molecule has 0 bridgehead atoms. The standard InChI is InChI=1S/C20H25N7O6/c1-27-12(9-23-16-15(27)18(31)26-20(21)25-16)8-22-11-4-2-10(3-5-11)17(30)24-13(19(32)33)6-7-14(28)29/h2-5,12-13,22H,6-9H2,1H3,(H,24,30)(H,28,29)(H,32,33)(H4,21,23,25,26,31)/t12-,13-/m0/s1/i1D3. The molecule has 1 aromatic carbocycles. The normalized spacial score (nSPS) is 17.4. The second kappa shape index (κ2) is 9.89. The van der Waals surface area contributed by atoms with Gasteiger partial charge in [0.25, 0.3) is 11.5 Å². The summed E-state index contributed by atoms with van der Waals surface area (Å²) in [7, 11) is 0. The quantitative estimate of drug-likeness (QED) is 0.259. The SMILES string of the molecule is [2H]C([2H])([2H])N1c2c(nc(N)[nH]c2=O)NC[C@@H]1CNc1ccc(C(=O)N[C@@H](CCC(=O)O)C(=O)O)cc1. The van der Waals surface area contributed by atoms with Crippen LogP contribution in [0.1, 0.15) is 27.3 Å². The Labute approximate surface area is 192 Å². The maximum Gasteiger partial charge on any atom is 0.326 e. The Bertz CT molecular complexity index is 1200. The van der Waals surface area contributed by atoms with E-state index in [1.165, 1.54) is 12.1 Å². The van der Waals surface area contributed by atoms with Gasteiger partial charge in [0.1, 0.15) is 11.7 Å². The number of anilines is 4. The Hall–Kier alpha value is -4.29. The van der Waals surface area contributed by atoms with Crippen molar-refractivity contribution in [2.24, 2.45) is 0 Å². The summed E-state index contributed by atoms with van der Waals surface area (Å²) in [6, 6.07) is 3.92. The molecule has 2 aromatic rings. The van der Waals surface area contributed by atoms with Gasteiger partial charge in [0.05, 0.1) is 6.04 Å². The Kier molecular flexibility index (Phi) is 5.81. The number of nitrogens with zero attached hydrogens (tertiary/aromatic N) is 2. The molecule has 0 fully saturated rings. The predicted molar refractivity (Wildman–Crippen MR) is 121 cm³/mol. The zero-order valence-electron chi connectivity index (χ0n) is 20.3. The molecule has 1 aromatic heterocycles. The van der Waals surface area contributed by atoms with Gasteiger partial charge < -0.3 is 36.8 Å². The zero-order valence-corrected chi connectivity index (χ0v) is 17.3. The van der Waals surface area contributed by atoms with E-state index in [4.69, 9.17) is 15.0 Å². The Morgan fingerprint density at radius 1 is 1.33 bits per heavy atom. The van der Waals surface area contributed by atoms with Crippen molar-refractivity contribution < 1.29 is 28.7 Å². The lowest BCUT2D eigenvalue weighted by atomic mass is 10.1. The number of fused-ring (bicyclic) bond motifs is 1. The highest BCUT2D eigenvalue weighted by molar-refractivity contribution is 5.96. The molecule has 176 valence electrons. The Balaban J connectivity index is 1.68. The molecule has 0 radical (unpaired) electrons. The average molecular weight is 462 g/mol. The first kappa shape index (κ1) is 19.4. The second-order valence-corrected chi connectivity index (χ2v) is 7.31. The van der Waals surface area contributed by atoms with E-state index in [-0.39, 0.29) is 42.5 Å². The number of carboxylic acid groups (broad SMARTS) is 2. The summed E-state index contributed by atoms with van der Waals surface area (Å²) in [6.07, 6.45) is -0.678. The van der Waals surface area contributed by atoms with Crippen LogP contribution in [0.25, 0.3) is 0 Å². The van der Waals surface area contributed by atoms with E-state index < -0.39 is 48.9 Å². The lowest BCUT2D eigenvalue weighted by Gasteiger charge is -2.35. The van der Waals surface area contributed by atoms with Crippen molar-refractivity contribution in [2.75, 3.05) is 41.3 Å². The van der Waals surface area contributed by atoms with Gasteiger partial charge in [0.2, 0.25) is 5.95 Å². The highest BCUT2D eigenvalue weighted by atomic mass is 16.4. The van der Waals surface area contributed by atoms with Crippen LogP contribution in [0.15, 0.2) is 29.1 Å². The van der Waals surface area contributed by atoms with Crippen molar-refractivity contribution in [3.05, 3.63) is 40.2 Å². The predicted octanol–water partition coefficient (Wildman–Crippen LogP) is -0.258. The lowest BCUT2D eigenvalue weighted by molar-refractivity contribution is -0.140. The molecule has 2 atom stereocenters. The number of rotatable bonds is 9. The summed E-state index contributed by atoms with van der Waals surface area (Å²) in [5.74, 6) is -3.28. The van der Waals surface area contributed by atoms with Gasteiger partial charge >= 0.3 is 11.9 Å². The number of amides is 1. The summed E-state index contributed by atoms with van der Waals surface area (Å²) in [4.78, 5) is 54.0. The lowest BCUT2D eigenvalue weighted by Crippen LogP contribution is -2.48. The number of nitrogen functional groups attached to an aromatic ring is 1. The smallest absolute Gasteiger partial charge is 0.326 e. The van der Waals surface area contributed by atoms with E-state index in [2.05, 4.69) is 25.9 Å². The third-order valence-corrected chi connectivity index (χ3v) is 4.96. The summed E-state index contributed by atoms with van der Waals surface area (Å²) < 4.78 is 23.7. The van der Waals surface area contributed by atoms with Gasteiger partial charge in [0.15, 0.2) is 5.82 Å². The zero-order chi connectivity index (χ0) is 26.6. The molecular formula is C20H25N7O6. The van der Waals surface area contributed by atoms with E-state index in [9.17, 15) is 24.3 Å². The number of carbonyl (C=O) groups is 3. The molecular weight excluding hydrogens is 434 g/mol. The third-order valence-electron chi connectivity index (χ3n) is 4.96. The molecule has 3 rings (SSSR count). The molecule has 0 unspecified atom stereocenters. The van der Waals surface area contributed by atoms with Gasteiger partial charge in [-0.15, -0.1) is 0 Å². The van der Waals surface area contributed by atoms with Gasteiger partial charge in [0, 0.05) is 41.8 Å². The van der Waals surface area contributed by atoms with Gasteiger partial charge in [-0.25, -0.2) is 4.79 Å². The molecule has 1 amide bonds. The van der Waals surface area contributed by atoms with Crippen LogP contribution in [0.2, 0.25) is 0 Å². The van der Waals surface area contributed by atoms with Crippen molar-refractivity contribution in [3.63, 3.8) is 0 Å². The Morgan fingerprint density at radius 2 is 2.06 bits per heavy atom. The second-order valence-electron chi connectivity index (χ2n) is 7.31. The van der Waals surface area contributed by atoms with Crippen LogP contribution in [0.5, 0.6) is 0 Å². The van der Waals surface area contributed by atoms with Crippen molar-refractivity contribution >= 4 is 41.0 Å². The molecule has 0 saturated carbocycles. The average Bonchev–Trinajstić information content (AvgIpc) is 2.79. The van der Waals surface area contributed by atoms with Crippen LogP contribution in [0.4, 0.5) is 23.1 Å². The first-order valence-corrected chi connectivity index (χ1v) is 9.89. The van der Waals surface area contributed by atoms with E-state index in [1.807, 2.05) is 0 Å². The molecule has 0 aliphatic carbocycles. The largest absolute Gasteiger partial charge is 0.481 e. The number of carboxylic acids is 2. The minimum atomic E-state index is -2.64. The molecule has 33 heavy (non-hydrogen) atoms. The van der Waals surface area contributed by atoms with Crippen LogP contribution in [0, 0.1) is 0 Å². The summed E-state index contributed by atoms with van der Waals surface area (Å²) in [6.45, 7) is -2.38. The van der Waals surface area contributed by atoms with Crippen LogP contribution in [0.3, 0.4) is 0 Å². The van der Waals surface area contributed by atoms with Crippen LogP contribution < -0.4 is 32.1 Å². The third kappa shape index (κ3) is 5.70. The first-order valence-electron chi connectivity index (χ1n) is 11.4. The highest BCUT2D eigenvalue weighted by Crippen LogP contribution is 2.25. The number of benzene rings is 1. The first-order chi connectivity index (χ1) is 16.9. The summed E-state index contributed by atoms with van der Waals surface area (Å²) in [5.41, 5.74) is 5.39. The molecule has 1 aliphatic rings. The molecule has 13 nitrogen and oxygen atoms in total. The number of nitrogens with two attached hydrogens (primary N) is 1. The summed E-state index contributed by atoms with van der Waals surface area (Å²) >= 11 is 0. The molecule has 1 aliphatic heterocycles. The van der Waals surface area contributed by atoms with Crippen molar-refractivity contribution in [3.8, 4) is 0 Å². The van der Waals surface area contributed by atoms with Gasteiger partial charge in [-0.1, -0.05) is 0 Å². The molecule has 13 heteroatoms. The van der Waals surface area contributed by atoms with Crippen molar-refractivity contribution in [2.45, 2.75) is 24.9 Å². The maximum atomic E-state index is 12.4. The van der Waals surface area contributed by atoms with Gasteiger partial charge in [-0.2, -0.15) is 4.98 Å². The van der Waals surface area contributed by atoms with Crippen molar-refractivity contribution in [1.82, 2.24) is 15.3 Å². The number of hydrogen-bond donors (Lipinski definition) is 7. The Morgan fingerprint density at radius 3 is 2.70 bits per heavy atom. The fraction of sp³-hybridized carbons (Fsp3) is 0.350. The fourth-order valence-electron chi connectivity index (χ4n) is 3.22. The number of aromatic nitrogens is 2. The van der Waals surface area contributed by atoms with E-state index >= 15 is 0 Å². The highest BCUT2D eigenvalue weighted by Gasteiger charge is 2.27. The summed E-state index contributed by atoms with van der Waals surface area (Å²) in [5, 5.41) is 26.2. The monoisotopic (exact) mass is 462 g/mol. The van der Waals surface area contributed by atoms with E-state index in [1.54, 1.807) is 12.1 Å². The number of hydrogen-bond acceptors (Lipinski definition) is 9. The van der Waals surface area contributed by atoms with Crippen LogP contribution in [-0.2, 0) is 9.59 Å². The number of carbonyl (C=O) groups excluding carboxylic acids is 1. The molecule has 2 heterocycles. The molecule has 0 spiro atoms. The number of aromatic amines is 1. The van der Waals surface area contributed by atoms with Gasteiger partial charge in [-0.05, 0) is 30.7 Å². The number of nitrogens with one attached hydrogen (secondary N) is 4. The van der Waals surface area contributed by atoms with Crippen LogP contribution in [-0.4, -0.2) is 70.2 Å². The number of likely N-dealkylation sites (N-methyl/N-ethyl adjacent to an activating group) is 1. The topological polar surface area (TPSA) is 203 Å². The minimum absolute atomic E-state index is 0.0713. The molecule has 8 N–H and O–H groups in total.